The maximum Gasteiger partial charge on any atom is 0.329 e. The average Bonchev–Trinajstić information content (AvgIpc) is 3.30. The number of hydrogen-bond donors (Lipinski definition) is 0. The first-order chi connectivity index (χ1) is 18.1. The molecule has 1 saturated heterocycles. The highest BCUT2D eigenvalue weighted by atomic mass is 16.5. The van der Waals surface area contributed by atoms with Gasteiger partial charge in [0.1, 0.15) is 0 Å². The lowest BCUT2D eigenvalue weighted by atomic mass is 10.1. The van der Waals surface area contributed by atoms with Crippen LogP contribution in [-0.4, -0.2) is 53.7 Å². The van der Waals surface area contributed by atoms with Gasteiger partial charge >= 0.3 is 5.69 Å². The highest BCUT2D eigenvalue weighted by molar-refractivity contribution is 5.87. The molecule has 1 aliphatic heterocycles. The normalized spacial score (nSPS) is 17.7. The fourth-order valence-electron chi connectivity index (χ4n) is 5.10. The van der Waals surface area contributed by atoms with E-state index in [1.54, 1.807) is 21.6 Å². The lowest BCUT2D eigenvalue weighted by molar-refractivity contribution is 0.166. The van der Waals surface area contributed by atoms with Crippen molar-refractivity contribution < 1.29 is 9.47 Å². The standard InChI is InChI=1S/C27H27N7O3/c1-32-13-19(11-29-32)18-2-5-21-22(10-18)30-25(31-26(21)37-16-17-7-9-36-15-17)14-33-24-12-28-8-6-23(24)34(27(33)35)20-3-4-20/h2,5-6,8,10-13,17,20H,3-4,7,9,14-16H2,1H3. The summed E-state index contributed by atoms with van der Waals surface area (Å²) in [5.74, 6) is 1.39. The number of aryl methyl sites for hydroxylation is 1. The first kappa shape index (κ1) is 22.2. The minimum absolute atomic E-state index is 0.0520. The maximum absolute atomic E-state index is 13.5. The highest BCUT2D eigenvalue weighted by Crippen LogP contribution is 2.36. The molecule has 5 heterocycles. The van der Waals surface area contributed by atoms with Gasteiger partial charge in [0.05, 0.1) is 54.1 Å². The Morgan fingerprint density at radius 1 is 1.08 bits per heavy atom. The van der Waals surface area contributed by atoms with Crippen molar-refractivity contribution in [3.05, 3.63) is 65.4 Å². The van der Waals surface area contributed by atoms with Gasteiger partial charge in [0, 0.05) is 43.6 Å². The summed E-state index contributed by atoms with van der Waals surface area (Å²) in [7, 11) is 1.90. The summed E-state index contributed by atoms with van der Waals surface area (Å²) in [5.41, 5.74) is 4.42. The third-order valence-corrected chi connectivity index (χ3v) is 7.20. The van der Waals surface area contributed by atoms with Crippen LogP contribution in [0.4, 0.5) is 0 Å². The molecular weight excluding hydrogens is 470 g/mol. The zero-order chi connectivity index (χ0) is 24.9. The average molecular weight is 498 g/mol. The van der Waals surface area contributed by atoms with Gasteiger partial charge in [-0.05, 0) is 43.0 Å². The van der Waals surface area contributed by atoms with Gasteiger partial charge < -0.3 is 9.47 Å². The molecule has 10 nitrogen and oxygen atoms in total. The zero-order valence-corrected chi connectivity index (χ0v) is 20.6. The smallest absolute Gasteiger partial charge is 0.329 e. The number of imidazole rings is 1. The number of ether oxygens (including phenoxy) is 2. The Morgan fingerprint density at radius 2 is 2.00 bits per heavy atom. The van der Waals surface area contributed by atoms with Crippen LogP contribution in [0, 0.1) is 5.92 Å². The molecule has 1 unspecified atom stereocenters. The van der Waals surface area contributed by atoms with Crippen molar-refractivity contribution in [3.8, 4) is 17.0 Å². The van der Waals surface area contributed by atoms with Crippen molar-refractivity contribution in [1.29, 1.82) is 0 Å². The van der Waals surface area contributed by atoms with Gasteiger partial charge in [0.15, 0.2) is 5.82 Å². The molecule has 1 aromatic carbocycles. The van der Waals surface area contributed by atoms with Crippen LogP contribution in [0.1, 0.15) is 31.1 Å². The van der Waals surface area contributed by atoms with Crippen LogP contribution >= 0.6 is 0 Å². The number of pyridine rings is 1. The second kappa shape index (κ2) is 8.81. The molecule has 0 spiro atoms. The summed E-state index contributed by atoms with van der Waals surface area (Å²) in [5, 5.41) is 5.14. The minimum Gasteiger partial charge on any atom is -0.477 e. The van der Waals surface area contributed by atoms with Crippen LogP contribution in [0.15, 0.2) is 53.8 Å². The monoisotopic (exact) mass is 497 g/mol. The quantitative estimate of drug-likeness (QED) is 0.340. The summed E-state index contributed by atoms with van der Waals surface area (Å²) >= 11 is 0. The van der Waals surface area contributed by atoms with Gasteiger partial charge in [-0.25, -0.2) is 9.78 Å². The number of rotatable bonds is 7. The first-order valence-electron chi connectivity index (χ1n) is 12.7. The summed E-state index contributed by atoms with van der Waals surface area (Å²) in [6.07, 6.45) is 10.3. The maximum atomic E-state index is 13.5. The van der Waals surface area contributed by atoms with Crippen molar-refractivity contribution in [2.75, 3.05) is 19.8 Å². The molecule has 1 atom stereocenters. The molecule has 5 aromatic rings. The fourth-order valence-corrected chi connectivity index (χ4v) is 5.10. The van der Waals surface area contributed by atoms with Crippen LogP contribution in [0.25, 0.3) is 33.1 Å². The summed E-state index contributed by atoms with van der Waals surface area (Å²) < 4.78 is 17.2. The van der Waals surface area contributed by atoms with E-state index < -0.39 is 0 Å². The van der Waals surface area contributed by atoms with E-state index in [1.807, 2.05) is 48.3 Å². The Morgan fingerprint density at radius 3 is 2.78 bits per heavy atom. The van der Waals surface area contributed by atoms with E-state index >= 15 is 0 Å². The van der Waals surface area contributed by atoms with Gasteiger partial charge in [0.2, 0.25) is 5.88 Å². The summed E-state index contributed by atoms with van der Waals surface area (Å²) in [4.78, 5) is 27.4. The number of hydrogen-bond acceptors (Lipinski definition) is 7. The minimum atomic E-state index is -0.0520. The molecule has 10 heteroatoms. The van der Waals surface area contributed by atoms with E-state index in [2.05, 4.69) is 10.1 Å². The highest BCUT2D eigenvalue weighted by Gasteiger charge is 2.29. The van der Waals surface area contributed by atoms with Crippen LogP contribution in [0.5, 0.6) is 5.88 Å². The van der Waals surface area contributed by atoms with Crippen molar-refractivity contribution >= 4 is 21.9 Å². The number of aromatic nitrogens is 7. The van der Waals surface area contributed by atoms with Gasteiger partial charge in [-0.3, -0.25) is 18.8 Å². The molecule has 0 N–H and O–H groups in total. The molecule has 2 aliphatic rings. The number of nitrogens with zero attached hydrogens (tertiary/aromatic N) is 7. The van der Waals surface area contributed by atoms with Crippen LogP contribution < -0.4 is 10.4 Å². The van der Waals surface area contributed by atoms with Gasteiger partial charge in [-0.15, -0.1) is 0 Å². The molecule has 1 saturated carbocycles. The van der Waals surface area contributed by atoms with Crippen LogP contribution in [-0.2, 0) is 18.3 Å². The Labute approximate surface area is 212 Å². The van der Waals surface area contributed by atoms with E-state index in [9.17, 15) is 4.79 Å². The molecule has 1 aliphatic carbocycles. The fraction of sp³-hybridized carbons (Fsp3) is 0.370. The van der Waals surface area contributed by atoms with E-state index in [0.29, 0.717) is 30.8 Å². The second-order valence-electron chi connectivity index (χ2n) is 9.95. The van der Waals surface area contributed by atoms with E-state index in [4.69, 9.17) is 19.4 Å². The molecule has 188 valence electrons. The molecule has 4 aromatic heterocycles. The molecule has 2 fully saturated rings. The topological polar surface area (TPSA) is 102 Å². The molecule has 0 radical (unpaired) electrons. The lowest BCUT2D eigenvalue weighted by Crippen LogP contribution is -2.25. The van der Waals surface area contributed by atoms with E-state index in [0.717, 1.165) is 58.9 Å². The van der Waals surface area contributed by atoms with Crippen molar-refractivity contribution in [2.24, 2.45) is 13.0 Å². The predicted octanol–water partition coefficient (Wildman–Crippen LogP) is 3.34. The third-order valence-electron chi connectivity index (χ3n) is 7.20. The van der Waals surface area contributed by atoms with Gasteiger partial charge in [0.25, 0.3) is 0 Å². The molecule has 37 heavy (non-hydrogen) atoms. The lowest BCUT2D eigenvalue weighted by Gasteiger charge is -2.13. The summed E-state index contributed by atoms with van der Waals surface area (Å²) in [6, 6.07) is 8.22. The SMILES string of the molecule is Cn1cc(-c2ccc3c(OCC4CCOC4)nc(Cn4c(=O)n(C5CC5)c5ccncc54)nc3c2)cn1. The third kappa shape index (κ3) is 4.07. The van der Waals surface area contributed by atoms with Crippen molar-refractivity contribution in [1.82, 2.24) is 33.9 Å². The Bertz CT molecular complexity index is 1670. The van der Waals surface area contributed by atoms with Gasteiger partial charge in [-0.1, -0.05) is 6.07 Å². The van der Waals surface area contributed by atoms with Gasteiger partial charge in [-0.2, -0.15) is 10.1 Å². The summed E-state index contributed by atoms with van der Waals surface area (Å²) in [6.45, 7) is 2.22. The largest absolute Gasteiger partial charge is 0.477 e. The van der Waals surface area contributed by atoms with Crippen LogP contribution in [0.2, 0.25) is 0 Å². The van der Waals surface area contributed by atoms with Crippen molar-refractivity contribution in [2.45, 2.75) is 31.8 Å². The molecular formula is C27H27N7O3. The Kier molecular flexibility index (Phi) is 5.28. The zero-order valence-electron chi connectivity index (χ0n) is 20.6. The van der Waals surface area contributed by atoms with E-state index in [-0.39, 0.29) is 18.3 Å². The van der Waals surface area contributed by atoms with E-state index in [1.165, 1.54) is 0 Å². The molecule has 7 rings (SSSR count). The second-order valence-corrected chi connectivity index (χ2v) is 9.95. The number of fused-ring (bicyclic) bond motifs is 2. The van der Waals surface area contributed by atoms with Crippen LogP contribution in [0.3, 0.4) is 0 Å². The molecule has 0 amide bonds. The Hall–Kier alpha value is -4.05. The predicted molar refractivity (Wildman–Crippen MR) is 138 cm³/mol. The van der Waals surface area contributed by atoms with Crippen molar-refractivity contribution in [3.63, 3.8) is 0 Å². The first-order valence-corrected chi connectivity index (χ1v) is 12.7. The molecule has 0 bridgehead atoms. The number of benzene rings is 1. The Balaban J connectivity index is 1.32.